The predicted octanol–water partition coefficient (Wildman–Crippen LogP) is 2.57. The van der Waals surface area contributed by atoms with Gasteiger partial charge in [-0.1, -0.05) is 18.2 Å². The largest absolute Gasteiger partial charge is 0.507 e. The van der Waals surface area contributed by atoms with E-state index in [0.29, 0.717) is 60.1 Å². The zero-order valence-electron chi connectivity index (χ0n) is 30.2. The van der Waals surface area contributed by atoms with Crippen molar-refractivity contribution in [2.24, 2.45) is 23.7 Å². The SMILES string of the molecule is O=C1CCC(N2Cc3ccc(N4CC[C@H](CN5CC6C(CN7CCN8c9cc(-c%10ccccc%10O)nnc9NCC8C7)C6C5)C(F)C4)cc3C2=O)C(=O)N1. The fraction of sp³-hybridized carbons (Fsp3) is 0.525. The minimum atomic E-state index is -0.943. The van der Waals surface area contributed by atoms with Gasteiger partial charge in [0.05, 0.1) is 17.4 Å². The number of piperazine rings is 1. The van der Waals surface area contributed by atoms with Gasteiger partial charge in [0, 0.05) is 101 Å². The number of fused-ring (bicyclic) bond motifs is 5. The van der Waals surface area contributed by atoms with Gasteiger partial charge >= 0.3 is 0 Å². The van der Waals surface area contributed by atoms with Crippen LogP contribution in [0, 0.1) is 23.7 Å². The number of para-hydroxylation sites is 1. The van der Waals surface area contributed by atoms with E-state index in [-0.39, 0.29) is 29.9 Å². The summed E-state index contributed by atoms with van der Waals surface area (Å²) in [5.41, 5.74) is 4.69. The summed E-state index contributed by atoms with van der Waals surface area (Å²) in [6.45, 7) is 9.20. The third kappa shape index (κ3) is 5.94. The first-order valence-corrected chi connectivity index (χ1v) is 19.6. The summed E-state index contributed by atoms with van der Waals surface area (Å²) in [7, 11) is 0. The van der Waals surface area contributed by atoms with Crippen LogP contribution in [0.25, 0.3) is 11.3 Å². The molecule has 2 aromatic carbocycles. The molecule has 1 aromatic heterocycles. The van der Waals surface area contributed by atoms with Crippen molar-refractivity contribution in [2.45, 2.75) is 44.1 Å². The van der Waals surface area contributed by atoms with Gasteiger partial charge in [0.2, 0.25) is 11.8 Å². The van der Waals surface area contributed by atoms with Crippen LogP contribution < -0.4 is 20.4 Å². The zero-order valence-corrected chi connectivity index (χ0v) is 30.2. The van der Waals surface area contributed by atoms with Crippen LogP contribution in [-0.4, -0.2) is 131 Å². The summed E-state index contributed by atoms with van der Waals surface area (Å²) in [4.78, 5) is 48.6. The molecule has 10 rings (SSSR count). The Bertz CT molecular complexity index is 2000. The van der Waals surface area contributed by atoms with E-state index in [1.165, 1.54) is 0 Å². The third-order valence-electron chi connectivity index (χ3n) is 13.3. The molecule has 3 N–H and O–H groups in total. The zero-order chi connectivity index (χ0) is 36.7. The summed E-state index contributed by atoms with van der Waals surface area (Å²) < 4.78 is 15.8. The van der Waals surface area contributed by atoms with Crippen LogP contribution in [0.1, 0.15) is 35.2 Å². The van der Waals surface area contributed by atoms with Crippen molar-refractivity contribution in [2.75, 3.05) is 80.6 Å². The van der Waals surface area contributed by atoms with Crippen LogP contribution in [0.5, 0.6) is 5.75 Å². The first-order chi connectivity index (χ1) is 26.3. The number of hydrogen-bond acceptors (Lipinski definition) is 11. The molecule has 3 amide bonds. The van der Waals surface area contributed by atoms with Crippen molar-refractivity contribution in [3.63, 3.8) is 0 Å². The molecule has 0 radical (unpaired) electrons. The number of carbonyl (C=O) groups is 3. The summed E-state index contributed by atoms with van der Waals surface area (Å²) in [6, 6.07) is 14.8. The molecular weight excluding hydrogens is 689 g/mol. The maximum absolute atomic E-state index is 15.8. The lowest BCUT2D eigenvalue weighted by Gasteiger charge is -2.46. The van der Waals surface area contributed by atoms with Gasteiger partial charge in [-0.05, 0) is 66.5 Å². The fourth-order valence-electron chi connectivity index (χ4n) is 10.3. The van der Waals surface area contributed by atoms with E-state index in [0.717, 1.165) is 88.1 Å². The molecule has 0 bridgehead atoms. The highest BCUT2D eigenvalue weighted by Gasteiger charge is 2.56. The van der Waals surface area contributed by atoms with Crippen LogP contribution >= 0.6 is 0 Å². The van der Waals surface area contributed by atoms with E-state index >= 15 is 4.39 Å². The molecule has 1 saturated carbocycles. The lowest BCUT2D eigenvalue weighted by molar-refractivity contribution is -0.136. The molecule has 5 fully saturated rings. The molecule has 1 aliphatic carbocycles. The minimum Gasteiger partial charge on any atom is -0.507 e. The molecule has 6 atom stereocenters. The highest BCUT2D eigenvalue weighted by atomic mass is 19.1. The molecule has 13 nitrogen and oxygen atoms in total. The summed E-state index contributed by atoms with van der Waals surface area (Å²) in [5, 5.41) is 25.1. The maximum Gasteiger partial charge on any atom is 0.255 e. The Balaban J connectivity index is 0.695. The highest BCUT2D eigenvalue weighted by molar-refractivity contribution is 6.05. The summed E-state index contributed by atoms with van der Waals surface area (Å²) in [6.07, 6.45) is 0.386. The molecule has 14 heteroatoms. The number of alkyl halides is 1. The van der Waals surface area contributed by atoms with Crippen LogP contribution in [0.4, 0.5) is 21.6 Å². The number of phenolic OH excluding ortho intramolecular Hbond substituents is 1. The Labute approximate surface area is 313 Å². The van der Waals surface area contributed by atoms with Crippen molar-refractivity contribution in [3.8, 4) is 17.0 Å². The molecule has 282 valence electrons. The van der Waals surface area contributed by atoms with Gasteiger partial charge in [-0.3, -0.25) is 24.6 Å². The van der Waals surface area contributed by atoms with Crippen LogP contribution in [0.3, 0.4) is 0 Å². The van der Waals surface area contributed by atoms with Gasteiger partial charge in [0.15, 0.2) is 5.82 Å². The van der Waals surface area contributed by atoms with Crippen molar-refractivity contribution in [3.05, 3.63) is 59.7 Å². The highest BCUT2D eigenvalue weighted by Crippen LogP contribution is 2.52. The average Bonchev–Trinajstić information content (AvgIpc) is 3.44. The van der Waals surface area contributed by atoms with Crippen LogP contribution in [-0.2, 0) is 16.1 Å². The second-order valence-electron chi connectivity index (χ2n) is 16.4. The Kier molecular flexibility index (Phi) is 8.24. The van der Waals surface area contributed by atoms with Crippen LogP contribution in [0.2, 0.25) is 0 Å². The Morgan fingerprint density at radius 2 is 1.70 bits per heavy atom. The first kappa shape index (κ1) is 33.7. The Morgan fingerprint density at radius 1 is 0.852 bits per heavy atom. The number of rotatable bonds is 7. The number of benzene rings is 2. The number of carbonyl (C=O) groups excluding carboxylic acids is 3. The number of likely N-dealkylation sites (tertiary alicyclic amines) is 1. The number of hydrogen-bond donors (Lipinski definition) is 3. The van der Waals surface area contributed by atoms with E-state index in [9.17, 15) is 19.5 Å². The number of aromatic nitrogens is 2. The number of halogens is 1. The number of phenols is 1. The van der Waals surface area contributed by atoms with Crippen molar-refractivity contribution >= 4 is 34.9 Å². The van der Waals surface area contributed by atoms with E-state index in [4.69, 9.17) is 0 Å². The van der Waals surface area contributed by atoms with Crippen LogP contribution in [0.15, 0.2) is 48.5 Å². The quantitative estimate of drug-likeness (QED) is 0.309. The first-order valence-electron chi connectivity index (χ1n) is 19.6. The second-order valence-corrected chi connectivity index (χ2v) is 16.4. The standard InChI is InChI=1S/C40H46FN9O4/c41-32-22-48(25-6-5-23-17-50(40(54)28(23)13-25)34-7-8-37(52)43-39(34)53)10-9-24(32)16-47-20-30-29(31(30)21-47)19-46-11-12-49-26(18-46)15-42-38-35(49)14-33(44-45-38)27-3-1-2-4-36(27)51/h1-6,13-14,24,26,29-32,34,51H,7-12,15-22H2,(H,42,45)(H,43,52,53)/t24-,26?,29?,30?,31?,32?,34?/m1/s1. The lowest BCUT2D eigenvalue weighted by Crippen LogP contribution is -2.58. The number of aromatic hydroxyl groups is 1. The van der Waals surface area contributed by atoms with Crippen molar-refractivity contribution in [1.29, 1.82) is 0 Å². The number of imide groups is 1. The molecular formula is C40H46FN9O4. The Hall–Kier alpha value is -4.82. The lowest BCUT2D eigenvalue weighted by atomic mass is 9.93. The fourth-order valence-corrected chi connectivity index (χ4v) is 10.3. The topological polar surface area (TPSA) is 137 Å². The van der Waals surface area contributed by atoms with Gasteiger partial charge in [-0.25, -0.2) is 4.39 Å². The smallest absolute Gasteiger partial charge is 0.255 e. The third-order valence-corrected chi connectivity index (χ3v) is 13.3. The number of amides is 3. The molecule has 3 aromatic rings. The number of nitrogens with zero attached hydrogens (tertiary/aromatic N) is 7. The van der Waals surface area contributed by atoms with Gasteiger partial charge < -0.3 is 30.0 Å². The van der Waals surface area contributed by atoms with E-state index < -0.39 is 18.1 Å². The van der Waals surface area contributed by atoms with E-state index in [2.05, 4.69) is 40.4 Å². The maximum atomic E-state index is 15.8. The molecule has 54 heavy (non-hydrogen) atoms. The second kappa shape index (κ2) is 13.2. The van der Waals surface area contributed by atoms with E-state index in [1.807, 2.05) is 42.5 Å². The molecule has 5 unspecified atom stereocenters. The van der Waals surface area contributed by atoms with E-state index in [1.54, 1.807) is 11.0 Å². The Morgan fingerprint density at radius 3 is 2.52 bits per heavy atom. The average molecular weight is 736 g/mol. The van der Waals surface area contributed by atoms with Crippen molar-refractivity contribution in [1.82, 2.24) is 30.2 Å². The van der Waals surface area contributed by atoms with Crippen molar-refractivity contribution < 1.29 is 23.9 Å². The van der Waals surface area contributed by atoms with Gasteiger partial charge in [0.25, 0.3) is 5.91 Å². The van der Waals surface area contributed by atoms with Gasteiger partial charge in [-0.2, -0.15) is 0 Å². The molecule has 6 aliphatic heterocycles. The van der Waals surface area contributed by atoms with Gasteiger partial charge in [0.1, 0.15) is 18.0 Å². The number of nitrogens with one attached hydrogen (secondary N) is 2. The number of anilines is 3. The van der Waals surface area contributed by atoms with Gasteiger partial charge in [-0.15, -0.1) is 10.2 Å². The number of piperidine rings is 3. The summed E-state index contributed by atoms with van der Waals surface area (Å²) in [5.74, 6) is 2.21. The molecule has 7 aliphatic rings. The minimum absolute atomic E-state index is 0.00194. The normalized spacial score (nSPS) is 30.7. The monoisotopic (exact) mass is 735 g/mol. The predicted molar refractivity (Wildman–Crippen MR) is 200 cm³/mol. The molecule has 4 saturated heterocycles. The molecule has 0 spiro atoms. The summed E-state index contributed by atoms with van der Waals surface area (Å²) >= 11 is 0. The molecule has 7 heterocycles.